The number of rotatable bonds is 2. The van der Waals surface area contributed by atoms with Gasteiger partial charge in [-0.15, -0.1) is 11.3 Å². The average molecular weight is 275 g/mol. The molecule has 2 atom stereocenters. The Morgan fingerprint density at radius 3 is 3.05 bits per heavy atom. The summed E-state index contributed by atoms with van der Waals surface area (Å²) in [6.07, 6.45) is 0.960. The second kappa shape index (κ2) is 5.27. The Labute approximate surface area is 116 Å². The number of nitrogens with one attached hydrogen (secondary N) is 1. The summed E-state index contributed by atoms with van der Waals surface area (Å²) in [5.41, 5.74) is 0.888. The molecule has 1 aliphatic rings. The lowest BCUT2D eigenvalue weighted by Crippen LogP contribution is -2.40. The molecule has 3 rings (SSSR count). The molecule has 0 saturated carbocycles. The second-order valence-corrected chi connectivity index (χ2v) is 5.96. The summed E-state index contributed by atoms with van der Waals surface area (Å²) in [5.74, 6) is 0.428. The van der Waals surface area contributed by atoms with Gasteiger partial charge in [-0.2, -0.15) is 5.10 Å². The molecule has 19 heavy (non-hydrogen) atoms. The fourth-order valence-electron chi connectivity index (χ4n) is 2.58. The Morgan fingerprint density at radius 2 is 2.32 bits per heavy atom. The predicted molar refractivity (Wildman–Crippen MR) is 77.5 cm³/mol. The smallest absolute Gasteiger partial charge is 0.267 e. The molecular formula is C14H17N3OS. The van der Waals surface area contributed by atoms with Gasteiger partial charge in [-0.25, -0.2) is 4.68 Å². The topological polar surface area (TPSA) is 46.9 Å². The summed E-state index contributed by atoms with van der Waals surface area (Å²) < 4.78 is 1.68. The fraction of sp³-hybridized carbons (Fsp3) is 0.429. The van der Waals surface area contributed by atoms with Gasteiger partial charge in [0, 0.05) is 6.07 Å². The lowest BCUT2D eigenvalue weighted by Gasteiger charge is -2.30. The van der Waals surface area contributed by atoms with Crippen LogP contribution >= 0.6 is 11.3 Å². The van der Waals surface area contributed by atoms with Crippen LogP contribution in [0.4, 0.5) is 0 Å². The van der Waals surface area contributed by atoms with Gasteiger partial charge < -0.3 is 5.32 Å². The van der Waals surface area contributed by atoms with Gasteiger partial charge in [0.2, 0.25) is 0 Å². The third-order valence-electron chi connectivity index (χ3n) is 3.65. The van der Waals surface area contributed by atoms with Crippen LogP contribution in [0.1, 0.15) is 19.4 Å². The van der Waals surface area contributed by atoms with Gasteiger partial charge >= 0.3 is 0 Å². The van der Waals surface area contributed by atoms with E-state index in [1.54, 1.807) is 22.1 Å². The van der Waals surface area contributed by atoms with Crippen molar-refractivity contribution in [2.75, 3.05) is 13.1 Å². The minimum absolute atomic E-state index is 0.000874. The Hall–Kier alpha value is -1.46. The van der Waals surface area contributed by atoms with Crippen molar-refractivity contribution in [1.82, 2.24) is 15.1 Å². The van der Waals surface area contributed by atoms with Gasteiger partial charge in [0.1, 0.15) is 5.69 Å². The maximum absolute atomic E-state index is 12.1. The molecule has 1 aliphatic heterocycles. The molecule has 0 bridgehead atoms. The van der Waals surface area contributed by atoms with Crippen molar-refractivity contribution < 1.29 is 0 Å². The van der Waals surface area contributed by atoms with E-state index in [1.165, 1.54) is 0 Å². The van der Waals surface area contributed by atoms with Crippen molar-refractivity contribution in [3.05, 3.63) is 40.0 Å². The van der Waals surface area contributed by atoms with Crippen molar-refractivity contribution in [2.45, 2.75) is 19.4 Å². The zero-order valence-corrected chi connectivity index (χ0v) is 11.7. The number of hydrogen-bond acceptors (Lipinski definition) is 4. The monoisotopic (exact) mass is 275 g/mol. The van der Waals surface area contributed by atoms with Gasteiger partial charge in [0.05, 0.1) is 10.9 Å². The van der Waals surface area contributed by atoms with Crippen LogP contribution in [0, 0.1) is 5.92 Å². The van der Waals surface area contributed by atoms with Gasteiger partial charge in [-0.3, -0.25) is 4.79 Å². The van der Waals surface area contributed by atoms with Crippen LogP contribution in [0.25, 0.3) is 10.6 Å². The minimum atomic E-state index is -0.000874. The Balaban J connectivity index is 2.00. The summed E-state index contributed by atoms with van der Waals surface area (Å²) in [6.45, 7) is 4.07. The molecule has 1 N–H and O–H groups in total. The van der Waals surface area contributed by atoms with Gasteiger partial charge in [0.25, 0.3) is 5.56 Å². The molecule has 0 aromatic carbocycles. The SMILES string of the molecule is C[C@H]1CNCC[C@@H]1n1nc(-c2cccs2)ccc1=O. The third-order valence-corrected chi connectivity index (χ3v) is 4.55. The van der Waals surface area contributed by atoms with Crippen LogP contribution in [0.2, 0.25) is 0 Å². The first kappa shape index (κ1) is 12.6. The van der Waals surface area contributed by atoms with E-state index in [0.717, 1.165) is 30.1 Å². The first-order valence-electron chi connectivity index (χ1n) is 6.60. The lowest BCUT2D eigenvalue weighted by atomic mass is 9.95. The Kier molecular flexibility index (Phi) is 3.48. The summed E-state index contributed by atoms with van der Waals surface area (Å²) in [6, 6.07) is 7.69. The molecular weight excluding hydrogens is 258 g/mol. The van der Waals surface area contributed by atoms with Crippen molar-refractivity contribution in [1.29, 1.82) is 0 Å². The Morgan fingerprint density at radius 1 is 1.42 bits per heavy atom. The maximum atomic E-state index is 12.1. The largest absolute Gasteiger partial charge is 0.316 e. The van der Waals surface area contributed by atoms with Crippen molar-refractivity contribution in [3.8, 4) is 10.6 Å². The molecule has 0 amide bonds. The van der Waals surface area contributed by atoms with Crippen LogP contribution < -0.4 is 10.9 Å². The maximum Gasteiger partial charge on any atom is 0.267 e. The molecule has 2 aromatic heterocycles. The zero-order chi connectivity index (χ0) is 13.2. The van der Waals surface area contributed by atoms with Gasteiger partial charge in [0.15, 0.2) is 0 Å². The first-order chi connectivity index (χ1) is 9.25. The van der Waals surface area contributed by atoms with E-state index in [1.807, 2.05) is 23.6 Å². The summed E-state index contributed by atoms with van der Waals surface area (Å²) in [4.78, 5) is 13.2. The number of nitrogens with zero attached hydrogens (tertiary/aromatic N) is 2. The zero-order valence-electron chi connectivity index (χ0n) is 10.9. The van der Waals surface area contributed by atoms with E-state index in [9.17, 15) is 4.79 Å². The highest BCUT2D eigenvalue weighted by Gasteiger charge is 2.24. The number of piperidine rings is 1. The number of thiophene rings is 1. The van der Waals surface area contributed by atoms with Crippen LogP contribution in [0.3, 0.4) is 0 Å². The van der Waals surface area contributed by atoms with E-state index in [2.05, 4.69) is 17.3 Å². The number of aromatic nitrogens is 2. The van der Waals surface area contributed by atoms with E-state index in [-0.39, 0.29) is 11.6 Å². The van der Waals surface area contributed by atoms with E-state index in [0.29, 0.717) is 5.92 Å². The highest BCUT2D eigenvalue weighted by molar-refractivity contribution is 7.13. The molecule has 0 radical (unpaired) electrons. The molecule has 5 heteroatoms. The van der Waals surface area contributed by atoms with Crippen LogP contribution in [0.15, 0.2) is 34.4 Å². The van der Waals surface area contributed by atoms with Gasteiger partial charge in [-0.1, -0.05) is 13.0 Å². The van der Waals surface area contributed by atoms with Crippen LogP contribution in [-0.4, -0.2) is 22.9 Å². The molecule has 0 unspecified atom stereocenters. The number of hydrogen-bond donors (Lipinski definition) is 1. The molecule has 100 valence electrons. The van der Waals surface area contributed by atoms with Gasteiger partial charge in [-0.05, 0) is 42.9 Å². The fourth-order valence-corrected chi connectivity index (χ4v) is 3.27. The van der Waals surface area contributed by atoms with Crippen LogP contribution in [-0.2, 0) is 0 Å². The molecule has 1 fully saturated rings. The van der Waals surface area contributed by atoms with Crippen molar-refractivity contribution in [2.24, 2.45) is 5.92 Å². The lowest BCUT2D eigenvalue weighted by molar-refractivity contribution is 0.248. The molecule has 0 aliphatic carbocycles. The van der Waals surface area contributed by atoms with E-state index < -0.39 is 0 Å². The predicted octanol–water partition coefficient (Wildman–Crippen LogP) is 2.14. The highest BCUT2D eigenvalue weighted by atomic mass is 32.1. The summed E-state index contributed by atoms with van der Waals surface area (Å²) in [7, 11) is 0. The van der Waals surface area contributed by atoms with Crippen LogP contribution in [0.5, 0.6) is 0 Å². The molecule has 4 nitrogen and oxygen atoms in total. The molecule has 0 spiro atoms. The average Bonchev–Trinajstić information content (AvgIpc) is 2.94. The Bertz CT molecular complexity index is 605. The van der Waals surface area contributed by atoms with E-state index >= 15 is 0 Å². The summed E-state index contributed by atoms with van der Waals surface area (Å²) >= 11 is 1.65. The second-order valence-electron chi connectivity index (χ2n) is 5.02. The molecule has 2 aromatic rings. The standard InChI is InChI=1S/C14H17N3OS/c1-10-9-15-7-6-12(10)17-14(18)5-4-11(16-17)13-3-2-8-19-13/h2-5,8,10,12,15H,6-7,9H2,1H3/t10-,12-/m0/s1. The normalized spacial score (nSPS) is 23.4. The van der Waals surface area contributed by atoms with Crippen molar-refractivity contribution in [3.63, 3.8) is 0 Å². The minimum Gasteiger partial charge on any atom is -0.316 e. The molecule has 3 heterocycles. The highest BCUT2D eigenvalue weighted by Crippen LogP contribution is 2.25. The van der Waals surface area contributed by atoms with E-state index in [4.69, 9.17) is 0 Å². The third kappa shape index (κ3) is 2.48. The summed E-state index contributed by atoms with van der Waals surface area (Å²) in [5, 5.41) is 9.96. The quantitative estimate of drug-likeness (QED) is 0.913. The first-order valence-corrected chi connectivity index (χ1v) is 7.48. The molecule has 1 saturated heterocycles. The van der Waals surface area contributed by atoms with Crippen molar-refractivity contribution >= 4 is 11.3 Å².